The quantitative estimate of drug-likeness (QED) is 0.169. The van der Waals surface area contributed by atoms with Gasteiger partial charge in [0.2, 0.25) is 23.6 Å². The number of phenols is 2. The number of thioether (sulfide) groups is 2. The second-order valence-corrected chi connectivity index (χ2v) is 22.6. The number of aromatic hydroxyl groups is 2. The highest BCUT2D eigenvalue weighted by Crippen LogP contribution is 2.46. The fourth-order valence-corrected chi connectivity index (χ4v) is 9.93. The van der Waals surface area contributed by atoms with Crippen LogP contribution < -0.4 is 9.80 Å². The van der Waals surface area contributed by atoms with Gasteiger partial charge in [-0.2, -0.15) is 0 Å². The molecular formula is C49H58N2O6S2. The molecule has 0 aromatic heterocycles. The van der Waals surface area contributed by atoms with Gasteiger partial charge in [0.25, 0.3) is 0 Å². The lowest BCUT2D eigenvalue weighted by Gasteiger charge is -2.28. The number of nitrogens with zero attached hydrogens (tertiary/aromatic N) is 2. The van der Waals surface area contributed by atoms with E-state index < -0.39 is 10.5 Å². The lowest BCUT2D eigenvalue weighted by atomic mass is 9.79. The Morgan fingerprint density at radius 2 is 0.763 bits per heavy atom. The number of hydrogen-bond donors (Lipinski definition) is 2. The normalized spacial score (nSPS) is 18.1. The van der Waals surface area contributed by atoms with Gasteiger partial charge in [0.1, 0.15) is 11.5 Å². The lowest BCUT2D eigenvalue weighted by Crippen LogP contribution is -2.31. The van der Waals surface area contributed by atoms with Crippen LogP contribution in [0.3, 0.4) is 0 Å². The second kappa shape index (κ2) is 15.8. The van der Waals surface area contributed by atoms with Gasteiger partial charge in [0.05, 0.1) is 21.9 Å². The number of rotatable bonds is 8. The van der Waals surface area contributed by atoms with Gasteiger partial charge < -0.3 is 10.2 Å². The molecule has 2 aliphatic rings. The van der Waals surface area contributed by atoms with Crippen LogP contribution in [0, 0.1) is 0 Å². The molecule has 2 aliphatic heterocycles. The van der Waals surface area contributed by atoms with Crippen molar-refractivity contribution in [3.05, 3.63) is 106 Å². The molecule has 59 heavy (non-hydrogen) atoms. The number of carbonyl (C=O) groups excluding carboxylic acids is 4. The minimum absolute atomic E-state index is 0.0860. The molecule has 2 heterocycles. The number of hydrogen-bond acceptors (Lipinski definition) is 8. The predicted octanol–water partition coefficient (Wildman–Crippen LogP) is 10.7. The molecule has 4 amide bonds. The van der Waals surface area contributed by atoms with Crippen LogP contribution in [0.4, 0.5) is 11.4 Å². The summed E-state index contributed by atoms with van der Waals surface area (Å²) in [5, 5.41) is 21.2. The maximum Gasteiger partial charge on any atom is 0.247 e. The zero-order valence-corrected chi connectivity index (χ0v) is 38.1. The fourth-order valence-electron chi connectivity index (χ4n) is 7.66. The van der Waals surface area contributed by atoms with Gasteiger partial charge in [-0.1, -0.05) is 107 Å². The number of imide groups is 2. The Balaban J connectivity index is 1.12. The van der Waals surface area contributed by atoms with Crippen molar-refractivity contribution in [2.75, 3.05) is 9.80 Å². The highest BCUT2D eigenvalue weighted by atomic mass is 32.2. The van der Waals surface area contributed by atoms with Crippen LogP contribution in [0.25, 0.3) is 0 Å². The van der Waals surface area contributed by atoms with E-state index in [9.17, 15) is 29.4 Å². The van der Waals surface area contributed by atoms with Crippen LogP contribution in [0.1, 0.15) is 129 Å². The van der Waals surface area contributed by atoms with Crippen molar-refractivity contribution in [2.45, 2.75) is 144 Å². The van der Waals surface area contributed by atoms with Crippen LogP contribution in [-0.4, -0.2) is 44.3 Å². The van der Waals surface area contributed by atoms with Crippen LogP contribution in [0.2, 0.25) is 0 Å². The second-order valence-electron chi connectivity index (χ2n) is 20.0. The summed E-state index contributed by atoms with van der Waals surface area (Å²) in [6.45, 7) is 24.6. The summed E-state index contributed by atoms with van der Waals surface area (Å²) in [5.74, 6) is -0.466. The Morgan fingerprint density at radius 1 is 0.492 bits per heavy atom. The highest BCUT2D eigenvalue weighted by molar-refractivity contribution is 8.01. The van der Waals surface area contributed by atoms with E-state index in [1.165, 1.54) is 33.3 Å². The summed E-state index contributed by atoms with van der Waals surface area (Å²) in [6.07, 6.45) is 0.743. The summed E-state index contributed by atoms with van der Waals surface area (Å²) in [5.41, 5.74) is 4.97. The molecule has 0 aliphatic carbocycles. The zero-order chi connectivity index (χ0) is 43.6. The van der Waals surface area contributed by atoms with E-state index in [1.54, 1.807) is 24.3 Å². The molecule has 0 radical (unpaired) electrons. The molecule has 4 aromatic rings. The van der Waals surface area contributed by atoms with E-state index in [2.05, 4.69) is 0 Å². The molecule has 8 nitrogen and oxygen atoms in total. The van der Waals surface area contributed by atoms with Crippen molar-refractivity contribution in [2.24, 2.45) is 0 Å². The minimum Gasteiger partial charge on any atom is -0.507 e. The van der Waals surface area contributed by atoms with Gasteiger partial charge >= 0.3 is 0 Å². The van der Waals surface area contributed by atoms with Crippen LogP contribution in [-0.2, 0) is 47.3 Å². The molecule has 0 saturated carbocycles. The largest absolute Gasteiger partial charge is 0.507 e. The number of amides is 4. The van der Waals surface area contributed by atoms with E-state index in [0.29, 0.717) is 17.8 Å². The van der Waals surface area contributed by atoms with Gasteiger partial charge in [-0.05, 0) is 87.7 Å². The van der Waals surface area contributed by atoms with Gasteiger partial charge in [0.15, 0.2) is 0 Å². The van der Waals surface area contributed by atoms with Crippen LogP contribution >= 0.6 is 23.5 Å². The van der Waals surface area contributed by atoms with Crippen molar-refractivity contribution < 1.29 is 29.4 Å². The van der Waals surface area contributed by atoms with E-state index in [-0.39, 0.29) is 69.6 Å². The summed E-state index contributed by atoms with van der Waals surface area (Å²) in [4.78, 5) is 58.2. The Bertz CT molecular complexity index is 2070. The monoisotopic (exact) mass is 834 g/mol. The maximum atomic E-state index is 13.7. The fraction of sp³-hybridized carbons (Fsp3) is 0.429. The Kier molecular flexibility index (Phi) is 11.8. The van der Waals surface area contributed by atoms with Crippen LogP contribution in [0.15, 0.2) is 82.6 Å². The summed E-state index contributed by atoms with van der Waals surface area (Å²) >= 11 is 2.74. The first-order chi connectivity index (χ1) is 27.2. The third kappa shape index (κ3) is 9.29. The SMILES string of the molecule is CC(C)(C)c1cc(SC2CC(=O)N(c3ccc(Cc4ccc(N5C(=O)CC(Sc6cc(C(C)(C)C)c(O)c(C(C)(C)C)c6)C5=O)cc4)cc3)C2=O)cc(C(C)(C)C)c1O. The number of phenolic OH excluding ortho intramolecular Hbond substituents is 2. The summed E-state index contributed by atoms with van der Waals surface area (Å²) in [6, 6.07) is 22.6. The number of carbonyl (C=O) groups is 4. The standard InChI is InChI=1S/C49H58N2O6S2/c1-46(2,3)34-22-32(23-35(42(34)54)47(4,5)6)58-38-26-40(52)50(44(38)56)30-17-13-28(14-18-30)21-29-15-19-31(20-16-29)51-41(53)27-39(45(51)57)59-33-24-36(48(7,8)9)43(55)37(25-33)49(10,11)12/h13-20,22-25,38-39,54-55H,21,26-27H2,1-12H3. The van der Waals surface area contributed by atoms with Crippen molar-refractivity contribution in [1.29, 1.82) is 0 Å². The van der Waals surface area contributed by atoms with Gasteiger partial charge in [-0.15, -0.1) is 23.5 Å². The minimum atomic E-state index is -0.579. The first-order valence-corrected chi connectivity index (χ1v) is 22.0. The third-order valence-electron chi connectivity index (χ3n) is 11.0. The molecule has 2 N–H and O–H groups in total. The van der Waals surface area contributed by atoms with E-state index in [4.69, 9.17) is 0 Å². The van der Waals surface area contributed by atoms with E-state index in [0.717, 1.165) is 43.2 Å². The van der Waals surface area contributed by atoms with E-state index >= 15 is 0 Å². The predicted molar refractivity (Wildman–Crippen MR) is 240 cm³/mol. The molecule has 2 fully saturated rings. The van der Waals surface area contributed by atoms with Crippen molar-refractivity contribution in [1.82, 2.24) is 0 Å². The van der Waals surface area contributed by atoms with Gasteiger partial charge in [0, 0.05) is 44.9 Å². The Morgan fingerprint density at radius 3 is 1.02 bits per heavy atom. The molecule has 0 bridgehead atoms. The summed E-state index contributed by atoms with van der Waals surface area (Å²) in [7, 11) is 0. The molecule has 6 rings (SSSR count). The van der Waals surface area contributed by atoms with Gasteiger partial charge in [-0.3, -0.25) is 19.2 Å². The van der Waals surface area contributed by atoms with Crippen molar-refractivity contribution >= 4 is 58.5 Å². The van der Waals surface area contributed by atoms with Gasteiger partial charge in [-0.25, -0.2) is 9.80 Å². The third-order valence-corrected chi connectivity index (χ3v) is 13.3. The molecule has 2 saturated heterocycles. The average molecular weight is 835 g/mol. The number of anilines is 2. The maximum absolute atomic E-state index is 13.7. The smallest absolute Gasteiger partial charge is 0.247 e. The molecule has 0 spiro atoms. The van der Waals surface area contributed by atoms with E-state index in [1.807, 2.05) is 132 Å². The first-order valence-electron chi connectivity index (χ1n) is 20.2. The molecular weight excluding hydrogens is 777 g/mol. The summed E-state index contributed by atoms with van der Waals surface area (Å²) < 4.78 is 0. The zero-order valence-electron chi connectivity index (χ0n) is 36.4. The molecule has 10 heteroatoms. The first kappa shape index (κ1) is 44.0. The van der Waals surface area contributed by atoms with Crippen LogP contribution in [0.5, 0.6) is 11.5 Å². The van der Waals surface area contributed by atoms with Crippen molar-refractivity contribution in [3.63, 3.8) is 0 Å². The number of benzene rings is 4. The molecule has 4 aromatic carbocycles. The average Bonchev–Trinajstić information content (AvgIpc) is 3.55. The topological polar surface area (TPSA) is 115 Å². The molecule has 312 valence electrons. The molecule has 2 atom stereocenters. The Hall–Kier alpha value is -4.54. The Labute approximate surface area is 358 Å². The lowest BCUT2D eigenvalue weighted by molar-refractivity contribution is -0.122. The van der Waals surface area contributed by atoms with Crippen molar-refractivity contribution in [3.8, 4) is 11.5 Å². The molecule has 2 unspecified atom stereocenters. The highest BCUT2D eigenvalue weighted by Gasteiger charge is 2.42.